The van der Waals surface area contributed by atoms with Crippen molar-refractivity contribution in [2.45, 2.75) is 48.6 Å². The van der Waals surface area contributed by atoms with Gasteiger partial charge >= 0.3 is 284 Å². The summed E-state index contributed by atoms with van der Waals surface area (Å²) in [5.74, 6) is -37.1. The summed E-state index contributed by atoms with van der Waals surface area (Å²) in [6, 6.07) is 29.2. The maximum absolute atomic E-state index is 15.2. The molecular formula is C36H30F13O2P. The third-order valence-corrected chi connectivity index (χ3v) is 13.9. The number of halogens is 13. The van der Waals surface area contributed by atoms with E-state index in [0.717, 1.165) is 0 Å². The van der Waals surface area contributed by atoms with Gasteiger partial charge in [0, 0.05) is 0 Å². The zero-order valence-corrected chi connectivity index (χ0v) is 27.7. The van der Waals surface area contributed by atoms with Gasteiger partial charge in [-0.1, -0.05) is 6.07 Å². The molecule has 4 aromatic carbocycles. The fourth-order valence-electron chi connectivity index (χ4n) is 5.74. The molecule has 0 fully saturated rings. The van der Waals surface area contributed by atoms with Crippen LogP contribution in [0.2, 0.25) is 0 Å². The van der Waals surface area contributed by atoms with E-state index in [1.807, 2.05) is 0 Å². The van der Waals surface area contributed by atoms with Gasteiger partial charge in [0.05, 0.1) is 0 Å². The first-order chi connectivity index (χ1) is 24.1. The van der Waals surface area contributed by atoms with Crippen molar-refractivity contribution in [1.82, 2.24) is 0 Å². The second-order valence-corrected chi connectivity index (χ2v) is 16.3. The molecule has 0 aliphatic carbocycles. The Morgan fingerprint density at radius 2 is 0.923 bits per heavy atom. The third-order valence-electron chi connectivity index (χ3n) is 8.69. The van der Waals surface area contributed by atoms with Crippen LogP contribution in [-0.2, 0) is 0 Å². The summed E-state index contributed by atoms with van der Waals surface area (Å²) in [5, 5.41) is 0.648. The van der Waals surface area contributed by atoms with Gasteiger partial charge < -0.3 is 0 Å². The van der Waals surface area contributed by atoms with E-state index >= 15 is 8.78 Å². The zero-order valence-electron chi connectivity index (χ0n) is 26.7. The minimum atomic E-state index is -7.96. The Morgan fingerprint density at radius 3 is 1.38 bits per heavy atom. The average molecular weight is 773 g/mol. The Labute approximate surface area is 289 Å². The number of benzene rings is 4. The quantitative estimate of drug-likeness (QED) is 0.0491. The number of carbonyl (C=O) groups excluding carboxylic acids is 1. The number of hydrogen-bond donors (Lipinski definition) is 0. The van der Waals surface area contributed by atoms with Crippen molar-refractivity contribution in [3.05, 3.63) is 126 Å². The van der Waals surface area contributed by atoms with E-state index in [2.05, 4.69) is 0 Å². The van der Waals surface area contributed by atoms with Crippen LogP contribution in [0.1, 0.15) is 28.8 Å². The molecule has 0 heterocycles. The summed E-state index contributed by atoms with van der Waals surface area (Å²) in [6.07, 6.45) is -10.8. The van der Waals surface area contributed by atoms with E-state index in [0.29, 0.717) is 27.5 Å². The summed E-state index contributed by atoms with van der Waals surface area (Å²) >= 11 is 0. The van der Waals surface area contributed by atoms with Crippen molar-refractivity contribution in [2.75, 3.05) is 18.9 Å². The van der Waals surface area contributed by atoms with Gasteiger partial charge in [-0.3, -0.25) is 0 Å². The van der Waals surface area contributed by atoms with Crippen molar-refractivity contribution in [3.8, 4) is 5.75 Å². The first kappa shape index (κ1) is 40.6. The van der Waals surface area contributed by atoms with Crippen molar-refractivity contribution >= 4 is 23.7 Å². The van der Waals surface area contributed by atoms with E-state index in [1.54, 1.807) is 30.3 Å². The van der Waals surface area contributed by atoms with Crippen LogP contribution in [0.4, 0.5) is 57.1 Å². The van der Waals surface area contributed by atoms with Crippen LogP contribution >= 0.6 is 7.26 Å². The van der Waals surface area contributed by atoms with Gasteiger partial charge in [-0.05, 0) is 0 Å². The second kappa shape index (κ2) is 15.1. The zero-order chi connectivity index (χ0) is 38.6. The average Bonchev–Trinajstić information content (AvgIpc) is 3.11. The molecule has 0 aromatic heterocycles. The molecule has 0 N–H and O–H groups in total. The van der Waals surface area contributed by atoms with Crippen molar-refractivity contribution in [1.29, 1.82) is 0 Å². The maximum atomic E-state index is 15.2. The predicted octanol–water partition coefficient (Wildman–Crippen LogP) is 10.2. The normalized spacial score (nSPS) is 13.9. The van der Waals surface area contributed by atoms with Gasteiger partial charge in [0.1, 0.15) is 0 Å². The van der Waals surface area contributed by atoms with Gasteiger partial charge in [-0.2, -0.15) is 0 Å². The van der Waals surface area contributed by atoms with E-state index in [-0.39, 0.29) is 25.0 Å². The fraction of sp³-hybridized carbons (Fsp3) is 0.306. The molecule has 0 bridgehead atoms. The molecule has 4 aromatic rings. The molecule has 282 valence electrons. The first-order valence-electron chi connectivity index (χ1n) is 15.5. The van der Waals surface area contributed by atoms with Crippen molar-refractivity contribution in [3.63, 3.8) is 0 Å². The molecule has 0 atom stereocenters. The molecule has 0 radical (unpaired) electrons. The Morgan fingerprint density at radius 1 is 0.500 bits per heavy atom. The first-order valence-corrected chi connectivity index (χ1v) is 17.9. The number of hydrogen-bond acceptors (Lipinski definition) is 2. The number of ketones is 1. The molecule has 0 saturated heterocycles. The SMILES string of the molecule is O=C(c1ccccc1)c1ccc(OCCC[PH](CCC(F)(F)C(F)(F)C(F)(F)C(F)(F)C(F)(F)C(F)(F)F)(c2ccccc2)c2ccccc2)cc1. The molecule has 0 aliphatic rings. The van der Waals surface area contributed by atoms with Crippen LogP contribution in [0.15, 0.2) is 115 Å². The molecule has 52 heavy (non-hydrogen) atoms. The molecule has 0 amide bonds. The molecule has 4 rings (SSSR count). The number of alkyl halides is 13. The molecule has 0 unspecified atom stereocenters. The Hall–Kier alpha value is -4.13. The fourth-order valence-corrected chi connectivity index (χ4v) is 10.6. The summed E-state index contributed by atoms with van der Waals surface area (Å²) in [7, 11) is -3.81. The number of ether oxygens (including phenoxy) is 1. The van der Waals surface area contributed by atoms with Gasteiger partial charge in [0.2, 0.25) is 0 Å². The summed E-state index contributed by atoms with van der Waals surface area (Å²) in [4.78, 5) is 12.7. The summed E-state index contributed by atoms with van der Waals surface area (Å²) in [5.41, 5.74) is 0.792. The van der Waals surface area contributed by atoms with Crippen LogP contribution in [0.3, 0.4) is 0 Å². The molecule has 2 nitrogen and oxygen atoms in total. The second-order valence-electron chi connectivity index (χ2n) is 12.0. The van der Waals surface area contributed by atoms with E-state index in [4.69, 9.17) is 4.74 Å². The van der Waals surface area contributed by atoms with Crippen LogP contribution in [0.25, 0.3) is 0 Å². The molecule has 16 heteroatoms. The van der Waals surface area contributed by atoms with Crippen molar-refractivity contribution < 1.29 is 66.6 Å². The van der Waals surface area contributed by atoms with Crippen molar-refractivity contribution in [2.24, 2.45) is 0 Å². The van der Waals surface area contributed by atoms with E-state index in [9.17, 15) is 53.1 Å². The Kier molecular flexibility index (Phi) is 11.8. The number of rotatable bonds is 16. The van der Waals surface area contributed by atoms with Gasteiger partial charge in [-0.15, -0.1) is 0 Å². The van der Waals surface area contributed by atoms with Crippen LogP contribution in [0.5, 0.6) is 5.75 Å². The molecule has 0 saturated carbocycles. The van der Waals surface area contributed by atoms with E-state index in [1.165, 1.54) is 84.9 Å². The standard InChI is InChI=1S/C36H30F13O2P/c37-31(38,32(39,40)33(41,42)34(43,44)35(45,46)36(47,48)49)21-24-52(28-13-6-2-7-14-28,29-15-8-3-9-16-29)23-10-22-51-27-19-17-26(18-20-27)30(50)25-11-4-1-5-12-25/h1-9,11-20,52H,10,21-24H2. The van der Waals surface area contributed by atoms with Gasteiger partial charge in [-0.25, -0.2) is 0 Å². The van der Waals surface area contributed by atoms with Crippen LogP contribution in [0, 0.1) is 0 Å². The van der Waals surface area contributed by atoms with Gasteiger partial charge in [0.15, 0.2) is 0 Å². The minimum absolute atomic E-state index is 0.0364. The molecule has 0 aliphatic heterocycles. The summed E-state index contributed by atoms with van der Waals surface area (Å²) < 4.78 is 187. The summed E-state index contributed by atoms with van der Waals surface area (Å²) in [6.45, 7) is -0.107. The van der Waals surface area contributed by atoms with Crippen LogP contribution in [-0.4, -0.2) is 60.5 Å². The van der Waals surface area contributed by atoms with Crippen LogP contribution < -0.4 is 15.3 Å². The van der Waals surface area contributed by atoms with Gasteiger partial charge in [0.25, 0.3) is 0 Å². The Balaban J connectivity index is 1.61. The molecular weight excluding hydrogens is 742 g/mol. The topological polar surface area (TPSA) is 26.3 Å². The third kappa shape index (κ3) is 7.65. The monoisotopic (exact) mass is 772 g/mol. The Bertz CT molecular complexity index is 1730. The predicted molar refractivity (Wildman–Crippen MR) is 172 cm³/mol. The van der Waals surface area contributed by atoms with E-state index < -0.39 is 55.6 Å². The molecule has 0 spiro atoms. The number of carbonyl (C=O) groups is 1.